The van der Waals surface area contributed by atoms with E-state index < -0.39 is 11.4 Å². The molecule has 0 N–H and O–H groups in total. The molecule has 0 rings (SSSR count). The fourth-order valence-corrected chi connectivity index (χ4v) is 0.733. The van der Waals surface area contributed by atoms with Crippen molar-refractivity contribution < 1.29 is 43.9 Å². The summed E-state index contributed by atoms with van der Waals surface area (Å²) in [7, 11) is 0. The van der Waals surface area contributed by atoms with Gasteiger partial charge in [-0.15, -0.1) is 0 Å². The van der Waals surface area contributed by atoms with Gasteiger partial charge in [0.1, 0.15) is 0 Å². The smallest absolute Gasteiger partial charge is 1.00 e. The molecule has 0 saturated carbocycles. The summed E-state index contributed by atoms with van der Waals surface area (Å²) in [5.74, 6) is 0. The van der Waals surface area contributed by atoms with Gasteiger partial charge < -0.3 is 10.2 Å². The van der Waals surface area contributed by atoms with Crippen molar-refractivity contribution in [3.8, 4) is 0 Å². The molecule has 0 saturated heterocycles. The van der Waals surface area contributed by atoms with Crippen molar-refractivity contribution >= 4 is 11.4 Å². The van der Waals surface area contributed by atoms with Gasteiger partial charge in [-0.05, 0) is 6.42 Å². The zero-order chi connectivity index (χ0) is 7.11. The van der Waals surface area contributed by atoms with E-state index in [-0.39, 0.29) is 31.0 Å². The maximum atomic E-state index is 9.74. The van der Waals surface area contributed by atoms with Crippen LogP contribution in [-0.4, -0.2) is 15.4 Å². The Morgan fingerprint density at radius 3 is 2.60 bits per heavy atom. The van der Waals surface area contributed by atoms with Crippen LogP contribution in [-0.2, 0) is 15.5 Å². The van der Waals surface area contributed by atoms with Crippen LogP contribution in [0.4, 0.5) is 0 Å². The van der Waals surface area contributed by atoms with Gasteiger partial charge >= 0.3 is 29.6 Å². The van der Waals surface area contributed by atoms with Gasteiger partial charge in [0, 0.05) is 0 Å². The minimum absolute atomic E-state index is 0. The van der Waals surface area contributed by atoms with Crippen molar-refractivity contribution in [3.63, 3.8) is 0 Å². The van der Waals surface area contributed by atoms with E-state index in [4.69, 9.17) is 0 Å². The molecule has 0 amide bonds. The molecule has 1 unspecified atom stereocenters. The van der Waals surface area contributed by atoms with Gasteiger partial charge in [0.15, 0.2) is 0 Å². The van der Waals surface area contributed by atoms with Gasteiger partial charge in [-0.25, -0.2) is 4.21 Å². The summed E-state index contributed by atoms with van der Waals surface area (Å²) in [6.07, 6.45) is 2.93. The van der Waals surface area contributed by atoms with E-state index >= 15 is 0 Å². The van der Waals surface area contributed by atoms with Crippen molar-refractivity contribution in [1.82, 2.24) is 0 Å². The summed E-state index contributed by atoms with van der Waals surface area (Å²) in [5, 5.41) is 0. The van der Waals surface area contributed by atoms with Crippen molar-refractivity contribution in [1.29, 1.82) is 0 Å². The number of unbranched alkanes of at least 4 members (excludes halogenated alkanes) is 2. The van der Waals surface area contributed by atoms with Crippen LogP contribution in [0.2, 0.25) is 0 Å². The summed E-state index contributed by atoms with van der Waals surface area (Å²) in [6.45, 7) is 2.37. The Bertz CT molecular complexity index is 93.8. The summed E-state index contributed by atoms with van der Waals surface area (Å²) in [5.41, 5.74) is 0. The van der Waals surface area contributed by atoms with Gasteiger partial charge in [-0.2, -0.15) is 0 Å². The fourth-order valence-electron chi connectivity index (χ4n) is 0.479. The van der Waals surface area contributed by atoms with E-state index in [2.05, 4.69) is 4.18 Å². The molecule has 0 aromatic rings. The zero-order valence-electron chi connectivity index (χ0n) is 7.46. The van der Waals surface area contributed by atoms with Crippen LogP contribution < -0.4 is 29.6 Å². The molecule has 58 valence electrons. The van der Waals surface area contributed by atoms with Gasteiger partial charge in [-0.3, -0.25) is 0 Å². The molecule has 0 aliphatic carbocycles. The number of hydrogen-bond donors (Lipinski definition) is 0. The van der Waals surface area contributed by atoms with Crippen LogP contribution in [0.1, 0.15) is 27.6 Å². The molecular weight excluding hydrogens is 163 g/mol. The van der Waals surface area contributed by atoms with Gasteiger partial charge in [-0.1, -0.05) is 19.8 Å². The van der Waals surface area contributed by atoms with Gasteiger partial charge in [0.2, 0.25) is 0 Å². The molecule has 0 spiro atoms. The predicted molar refractivity (Wildman–Crippen MR) is 35.5 cm³/mol. The molecule has 0 aliphatic rings. The molecule has 0 aliphatic heterocycles. The van der Waals surface area contributed by atoms with Crippen LogP contribution in [0.5, 0.6) is 0 Å². The Morgan fingerprint density at radius 1 is 1.60 bits per heavy atom. The van der Waals surface area contributed by atoms with E-state index in [1.165, 1.54) is 0 Å². The molecule has 0 aromatic carbocycles. The Hall–Kier alpha value is 1.07. The SMILES string of the molecule is CCCCCOS(=O)[O-].[H-].[Na+]. The summed E-state index contributed by atoms with van der Waals surface area (Å²) in [4.78, 5) is 0. The number of hydrogen-bond acceptors (Lipinski definition) is 3. The molecule has 0 radical (unpaired) electrons. The van der Waals surface area contributed by atoms with Crippen LogP contribution in [0.25, 0.3) is 0 Å². The van der Waals surface area contributed by atoms with Crippen LogP contribution in [0.15, 0.2) is 0 Å². The predicted octanol–water partition coefficient (Wildman–Crippen LogP) is -1.90. The standard InChI is InChI=1S/C5H12O3S.Na.H/c1-2-3-4-5-8-9(6)7;;/h2-5H2,1H3,(H,6,7);;/q;+1;-1/p-1. The minimum Gasteiger partial charge on any atom is -1.00 e. The van der Waals surface area contributed by atoms with Crippen LogP contribution in [0, 0.1) is 0 Å². The van der Waals surface area contributed by atoms with Crippen molar-refractivity contribution in [2.24, 2.45) is 0 Å². The molecule has 0 bridgehead atoms. The van der Waals surface area contributed by atoms with Crippen LogP contribution >= 0.6 is 0 Å². The quantitative estimate of drug-likeness (QED) is 0.279. The van der Waals surface area contributed by atoms with Crippen molar-refractivity contribution in [2.45, 2.75) is 26.2 Å². The monoisotopic (exact) mass is 175 g/mol. The maximum absolute atomic E-state index is 9.74. The Kier molecular flexibility index (Phi) is 13.7. The molecule has 0 fully saturated rings. The average Bonchev–Trinajstić information content (AvgIpc) is 1.80. The summed E-state index contributed by atoms with van der Waals surface area (Å²) in [6, 6.07) is 0. The second-order valence-electron chi connectivity index (χ2n) is 1.73. The first-order chi connectivity index (χ1) is 4.27. The Labute approximate surface area is 87.8 Å². The van der Waals surface area contributed by atoms with E-state index in [0.29, 0.717) is 6.61 Å². The first-order valence-electron chi connectivity index (χ1n) is 3.00. The largest absolute Gasteiger partial charge is 1.00 e. The molecular formula is C5H12NaO3S-. The third kappa shape index (κ3) is 11.8. The average molecular weight is 175 g/mol. The van der Waals surface area contributed by atoms with E-state index in [0.717, 1.165) is 19.3 Å². The molecule has 0 aromatic heterocycles. The number of rotatable bonds is 5. The van der Waals surface area contributed by atoms with Gasteiger partial charge in [0.25, 0.3) is 0 Å². The van der Waals surface area contributed by atoms with Crippen LogP contribution in [0.3, 0.4) is 0 Å². The van der Waals surface area contributed by atoms with E-state index in [1.54, 1.807) is 0 Å². The molecule has 0 heterocycles. The summed E-state index contributed by atoms with van der Waals surface area (Å²) >= 11 is -2.32. The topological polar surface area (TPSA) is 49.4 Å². The molecule has 10 heavy (non-hydrogen) atoms. The Balaban J connectivity index is -0.000000320. The van der Waals surface area contributed by atoms with Gasteiger partial charge in [0.05, 0.1) is 18.0 Å². The van der Waals surface area contributed by atoms with E-state index in [1.807, 2.05) is 6.92 Å². The third-order valence-electron chi connectivity index (χ3n) is 0.927. The maximum Gasteiger partial charge on any atom is 1.00 e. The second-order valence-corrected chi connectivity index (χ2v) is 2.38. The fraction of sp³-hybridized carbons (Fsp3) is 1.00. The first-order valence-corrected chi connectivity index (χ1v) is 4.00. The first kappa shape index (κ1) is 13.6. The zero-order valence-corrected chi connectivity index (χ0v) is 9.28. The van der Waals surface area contributed by atoms with Crippen molar-refractivity contribution in [2.75, 3.05) is 6.61 Å². The minimum atomic E-state index is -2.32. The summed E-state index contributed by atoms with van der Waals surface area (Å²) < 4.78 is 23.7. The molecule has 3 nitrogen and oxygen atoms in total. The molecule has 5 heteroatoms. The third-order valence-corrected chi connectivity index (χ3v) is 1.29. The van der Waals surface area contributed by atoms with Crippen molar-refractivity contribution in [3.05, 3.63) is 0 Å². The normalized spacial score (nSPS) is 12.2. The Morgan fingerprint density at radius 2 is 2.20 bits per heavy atom. The van der Waals surface area contributed by atoms with E-state index in [9.17, 15) is 8.76 Å². The molecule has 1 atom stereocenters. The second kappa shape index (κ2) is 10.1.